The first kappa shape index (κ1) is 4.69. The van der Waals surface area contributed by atoms with Crippen molar-refractivity contribution in [2.24, 2.45) is 0 Å². The predicted octanol–water partition coefficient (Wildman–Crippen LogP) is -0.0222. The third kappa shape index (κ3) is 0.625. The molecule has 1 heterocycles. The molecule has 1 rings (SSSR count). The van der Waals surface area contributed by atoms with Gasteiger partial charge in [0.15, 0.2) is 0 Å². The number of hydrogen-bond donors (Lipinski definition) is 0. The summed E-state index contributed by atoms with van der Waals surface area (Å²) in [6.45, 7) is 0. The second-order valence-electron chi connectivity index (χ2n) is 0.978. The second-order valence-corrected chi connectivity index (χ2v) is 0.978. The van der Waals surface area contributed by atoms with Gasteiger partial charge in [0, 0.05) is 4.92 Å². The zero-order valence-corrected chi connectivity index (χ0v) is 3.64. The van der Waals surface area contributed by atoms with E-state index < -0.39 is 10.9 Å². The zero-order chi connectivity index (χ0) is 5.98. The Morgan fingerprint density at radius 3 is 2.88 bits per heavy atom. The quantitative estimate of drug-likeness (QED) is 0.379. The molecule has 0 fully saturated rings. The topological polar surface area (TPSA) is 82.1 Å². The third-order valence-electron chi connectivity index (χ3n) is 0.505. The van der Waals surface area contributed by atoms with E-state index in [9.17, 15) is 10.1 Å². The highest BCUT2D eigenvalue weighted by atomic mass is 16.7. The Balaban J connectivity index is 2.93. The van der Waals surface area contributed by atoms with Crippen LogP contribution >= 0.6 is 0 Å². The van der Waals surface area contributed by atoms with Gasteiger partial charge in [-0.1, -0.05) is 0 Å². The van der Waals surface area contributed by atoms with Crippen molar-refractivity contribution in [2.75, 3.05) is 0 Å². The highest BCUT2D eigenvalue weighted by Gasteiger charge is 2.09. The minimum atomic E-state index is -0.757. The van der Waals surface area contributed by atoms with Crippen LogP contribution in [0.2, 0.25) is 0 Å². The van der Waals surface area contributed by atoms with Crippen LogP contribution in [0, 0.1) is 10.1 Å². The number of rotatable bonds is 1. The van der Waals surface area contributed by atoms with Crippen molar-refractivity contribution in [2.45, 2.75) is 0 Å². The van der Waals surface area contributed by atoms with E-state index in [0.29, 0.717) is 0 Å². The Morgan fingerprint density at radius 1 is 1.88 bits per heavy atom. The van der Waals surface area contributed by atoms with Crippen LogP contribution in [0.25, 0.3) is 0 Å². The highest BCUT2D eigenvalue weighted by molar-refractivity contribution is 4.86. The second kappa shape index (κ2) is 1.57. The summed E-state index contributed by atoms with van der Waals surface area (Å²) in [6.07, 6.45) is 0.901. The minimum absolute atomic E-state index is 0.579. The Hall–Kier alpha value is -1.46. The van der Waals surface area contributed by atoms with Gasteiger partial charge in [-0.15, -0.1) is 0 Å². The Morgan fingerprint density at radius 2 is 2.62 bits per heavy atom. The molecule has 0 bridgehead atoms. The fourth-order valence-corrected chi connectivity index (χ4v) is 0.247. The van der Waals surface area contributed by atoms with Crippen molar-refractivity contribution in [1.29, 1.82) is 0 Å². The van der Waals surface area contributed by atoms with E-state index in [0.717, 1.165) is 6.39 Å². The van der Waals surface area contributed by atoms with Gasteiger partial charge < -0.3 is 14.5 Å². The summed E-state index contributed by atoms with van der Waals surface area (Å²) in [4.78, 5) is 8.91. The van der Waals surface area contributed by atoms with Crippen LogP contribution in [0.15, 0.2) is 10.8 Å². The monoisotopic (exact) mass is 115 g/mol. The van der Waals surface area contributed by atoms with Gasteiger partial charge in [-0.05, 0) is 5.10 Å². The summed E-state index contributed by atoms with van der Waals surface area (Å²) in [7, 11) is 0. The summed E-state index contributed by atoms with van der Waals surface area (Å²) >= 11 is 0. The smallest absolute Gasteiger partial charge is 0.369 e. The van der Waals surface area contributed by atoms with Gasteiger partial charge >= 0.3 is 6.01 Å². The molecular formula is C2HN3O3. The average molecular weight is 115 g/mol. The van der Waals surface area contributed by atoms with Crippen molar-refractivity contribution >= 4 is 6.01 Å². The summed E-state index contributed by atoms with van der Waals surface area (Å²) in [5.41, 5.74) is 0. The average Bonchev–Trinajstić information content (AvgIpc) is 2.12. The maximum atomic E-state index is 9.67. The summed E-state index contributed by atoms with van der Waals surface area (Å²) < 4.78 is 4.17. The molecule has 0 atom stereocenters. The van der Waals surface area contributed by atoms with Crippen LogP contribution in [0.5, 0.6) is 0 Å². The van der Waals surface area contributed by atoms with Gasteiger partial charge in [-0.3, -0.25) is 0 Å². The molecule has 0 unspecified atom stereocenters. The molecule has 0 aliphatic rings. The maximum Gasteiger partial charge on any atom is 0.571 e. The van der Waals surface area contributed by atoms with Crippen molar-refractivity contribution in [3.8, 4) is 0 Å². The SMILES string of the molecule is O=[N+]([O-])c1nnco1. The first-order chi connectivity index (χ1) is 3.80. The molecule has 0 saturated heterocycles. The van der Waals surface area contributed by atoms with Gasteiger partial charge in [0.1, 0.15) is 5.10 Å². The van der Waals surface area contributed by atoms with E-state index in [2.05, 4.69) is 14.6 Å². The lowest BCUT2D eigenvalue weighted by Crippen LogP contribution is -1.86. The minimum Gasteiger partial charge on any atom is -0.369 e. The van der Waals surface area contributed by atoms with Crippen molar-refractivity contribution < 1.29 is 9.34 Å². The van der Waals surface area contributed by atoms with Crippen LogP contribution in [0.4, 0.5) is 6.01 Å². The molecule has 6 heteroatoms. The molecule has 42 valence electrons. The van der Waals surface area contributed by atoms with Gasteiger partial charge in [0.2, 0.25) is 6.39 Å². The number of aromatic nitrogens is 2. The van der Waals surface area contributed by atoms with Crippen molar-refractivity contribution in [3.05, 3.63) is 16.5 Å². The van der Waals surface area contributed by atoms with E-state index in [1.165, 1.54) is 0 Å². The predicted molar refractivity (Wildman–Crippen MR) is 21.0 cm³/mol. The van der Waals surface area contributed by atoms with Crippen LogP contribution < -0.4 is 0 Å². The van der Waals surface area contributed by atoms with Gasteiger partial charge in [-0.25, -0.2) is 0 Å². The normalized spacial score (nSPS) is 9.00. The molecule has 8 heavy (non-hydrogen) atoms. The number of hydrogen-bond acceptors (Lipinski definition) is 5. The Labute approximate surface area is 43.3 Å². The molecule has 1 aromatic rings. The summed E-state index contributed by atoms with van der Waals surface area (Å²) in [5.74, 6) is 0. The molecule has 0 N–H and O–H groups in total. The van der Waals surface area contributed by atoms with Gasteiger partial charge in [0.05, 0.1) is 0 Å². The fraction of sp³-hybridized carbons (Fsp3) is 0. The van der Waals surface area contributed by atoms with E-state index >= 15 is 0 Å². The van der Waals surface area contributed by atoms with E-state index in [1.54, 1.807) is 0 Å². The lowest BCUT2D eigenvalue weighted by atomic mass is 11.2. The summed E-state index contributed by atoms with van der Waals surface area (Å²) in [6, 6.07) is -0.579. The standard InChI is InChI=1S/C2HN3O3/c6-5(7)2-4-3-1-8-2/h1H. The Bertz CT molecular complexity index is 180. The number of nitrogens with zero attached hydrogens (tertiary/aromatic N) is 3. The van der Waals surface area contributed by atoms with Crippen LogP contribution in [0.3, 0.4) is 0 Å². The van der Waals surface area contributed by atoms with E-state index in [4.69, 9.17) is 0 Å². The lowest BCUT2D eigenvalue weighted by molar-refractivity contribution is -0.407. The zero-order valence-electron chi connectivity index (χ0n) is 3.64. The van der Waals surface area contributed by atoms with E-state index in [-0.39, 0.29) is 0 Å². The van der Waals surface area contributed by atoms with Crippen molar-refractivity contribution in [3.63, 3.8) is 0 Å². The maximum absolute atomic E-state index is 9.67. The molecule has 0 radical (unpaired) electrons. The van der Waals surface area contributed by atoms with Crippen LogP contribution in [0.1, 0.15) is 0 Å². The largest absolute Gasteiger partial charge is 0.571 e. The molecule has 0 aliphatic heterocycles. The Kier molecular flexibility index (Phi) is 0.918. The van der Waals surface area contributed by atoms with E-state index in [1.807, 2.05) is 0 Å². The molecule has 6 nitrogen and oxygen atoms in total. The third-order valence-corrected chi connectivity index (χ3v) is 0.505. The molecule has 1 aromatic heterocycles. The molecule has 0 spiro atoms. The first-order valence-electron chi connectivity index (χ1n) is 1.71. The highest BCUT2D eigenvalue weighted by Crippen LogP contribution is 2.00. The van der Waals surface area contributed by atoms with Crippen LogP contribution in [-0.4, -0.2) is 15.1 Å². The molecule has 0 amide bonds. The lowest BCUT2D eigenvalue weighted by Gasteiger charge is -1.77. The molecular weight excluding hydrogens is 114 g/mol. The number of nitro groups is 1. The summed E-state index contributed by atoms with van der Waals surface area (Å²) in [5, 5.41) is 15.8. The molecule has 0 aliphatic carbocycles. The van der Waals surface area contributed by atoms with Gasteiger partial charge in [-0.2, -0.15) is 0 Å². The fourth-order valence-electron chi connectivity index (χ4n) is 0.247. The van der Waals surface area contributed by atoms with Gasteiger partial charge in [0.25, 0.3) is 0 Å². The molecule has 0 aromatic carbocycles. The first-order valence-corrected chi connectivity index (χ1v) is 1.71. The van der Waals surface area contributed by atoms with Crippen LogP contribution in [-0.2, 0) is 0 Å². The molecule has 0 saturated carbocycles. The van der Waals surface area contributed by atoms with Crippen molar-refractivity contribution in [1.82, 2.24) is 10.2 Å².